The zero-order valence-electron chi connectivity index (χ0n) is 19.0. The molecule has 0 amide bonds. The van der Waals surface area contributed by atoms with E-state index >= 15 is 0 Å². The van der Waals surface area contributed by atoms with E-state index in [9.17, 15) is 0 Å². The maximum Gasteiger partial charge on any atom is 0.165 e. The van der Waals surface area contributed by atoms with Gasteiger partial charge < -0.3 is 19.1 Å². The minimum atomic E-state index is 0.375. The Morgan fingerprint density at radius 1 is 0.967 bits per heavy atom. The first-order valence-electron chi connectivity index (χ1n) is 12.0. The van der Waals surface area contributed by atoms with Gasteiger partial charge in [-0.3, -0.25) is 4.90 Å². The molecule has 5 heteroatoms. The highest BCUT2D eigenvalue weighted by atomic mass is 16.5. The van der Waals surface area contributed by atoms with Gasteiger partial charge in [-0.05, 0) is 63.6 Å². The molecule has 2 saturated heterocycles. The quantitative estimate of drug-likeness (QED) is 0.598. The predicted molar refractivity (Wildman–Crippen MR) is 120 cm³/mol. The largest absolute Gasteiger partial charge is 0.493 e. The molecule has 168 valence electrons. The molecule has 3 aliphatic rings. The fourth-order valence-corrected chi connectivity index (χ4v) is 5.73. The SMILES string of the molecule is COc1cccc(CN(CC2CCN(C3CCCC3)CC2)C[C@@H]2CCCO2)c1OC. The van der Waals surface area contributed by atoms with Crippen molar-refractivity contribution >= 4 is 0 Å². The Morgan fingerprint density at radius 2 is 1.77 bits per heavy atom. The van der Waals surface area contributed by atoms with Crippen molar-refractivity contribution < 1.29 is 14.2 Å². The Labute approximate surface area is 182 Å². The number of methoxy groups -OCH3 is 2. The van der Waals surface area contributed by atoms with Gasteiger partial charge in [-0.2, -0.15) is 0 Å². The number of benzene rings is 1. The van der Waals surface area contributed by atoms with Crippen LogP contribution in [0.4, 0.5) is 0 Å². The fraction of sp³-hybridized carbons (Fsp3) is 0.760. The summed E-state index contributed by atoms with van der Waals surface area (Å²) in [6.07, 6.45) is 11.1. The zero-order chi connectivity index (χ0) is 20.8. The highest BCUT2D eigenvalue weighted by Crippen LogP contribution is 2.33. The number of ether oxygens (including phenoxy) is 3. The first kappa shape index (κ1) is 21.9. The first-order chi connectivity index (χ1) is 14.8. The number of hydrogen-bond acceptors (Lipinski definition) is 5. The van der Waals surface area contributed by atoms with Gasteiger partial charge >= 0.3 is 0 Å². The second-order valence-corrected chi connectivity index (χ2v) is 9.40. The van der Waals surface area contributed by atoms with Crippen LogP contribution in [0.2, 0.25) is 0 Å². The van der Waals surface area contributed by atoms with Crippen LogP contribution >= 0.6 is 0 Å². The molecule has 0 bridgehead atoms. The summed E-state index contributed by atoms with van der Waals surface area (Å²) in [7, 11) is 3.45. The monoisotopic (exact) mass is 416 g/mol. The molecule has 0 spiro atoms. The average Bonchev–Trinajstić information content (AvgIpc) is 3.48. The molecule has 0 unspecified atom stereocenters. The molecule has 30 heavy (non-hydrogen) atoms. The van der Waals surface area contributed by atoms with E-state index in [0.717, 1.165) is 49.7 Å². The summed E-state index contributed by atoms with van der Waals surface area (Å²) < 4.78 is 17.2. The molecule has 1 atom stereocenters. The van der Waals surface area contributed by atoms with E-state index < -0.39 is 0 Å². The summed E-state index contributed by atoms with van der Waals surface area (Å²) in [6.45, 7) is 6.54. The molecule has 1 saturated carbocycles. The Balaban J connectivity index is 1.39. The van der Waals surface area contributed by atoms with Gasteiger partial charge in [0.25, 0.3) is 0 Å². The number of likely N-dealkylation sites (tertiary alicyclic amines) is 1. The fourth-order valence-electron chi connectivity index (χ4n) is 5.73. The van der Waals surface area contributed by atoms with E-state index in [1.807, 2.05) is 6.07 Å². The smallest absolute Gasteiger partial charge is 0.165 e. The Bertz CT molecular complexity index is 648. The van der Waals surface area contributed by atoms with E-state index in [2.05, 4.69) is 21.9 Å². The lowest BCUT2D eigenvalue weighted by Gasteiger charge is -2.38. The minimum Gasteiger partial charge on any atom is -0.493 e. The lowest BCUT2D eigenvalue weighted by atomic mass is 9.94. The van der Waals surface area contributed by atoms with Crippen LogP contribution in [-0.2, 0) is 11.3 Å². The Kier molecular flexibility index (Phi) is 7.91. The van der Waals surface area contributed by atoms with Gasteiger partial charge in [0.05, 0.1) is 20.3 Å². The van der Waals surface area contributed by atoms with Gasteiger partial charge in [-0.25, -0.2) is 0 Å². The number of piperidine rings is 1. The van der Waals surface area contributed by atoms with Crippen molar-refractivity contribution in [2.45, 2.75) is 70.1 Å². The van der Waals surface area contributed by atoms with Crippen LogP contribution in [0.3, 0.4) is 0 Å². The summed E-state index contributed by atoms with van der Waals surface area (Å²) in [5, 5.41) is 0. The van der Waals surface area contributed by atoms with E-state index in [1.54, 1.807) is 14.2 Å². The third kappa shape index (κ3) is 5.49. The Hall–Kier alpha value is -1.30. The highest BCUT2D eigenvalue weighted by Gasteiger charge is 2.29. The topological polar surface area (TPSA) is 34.2 Å². The van der Waals surface area contributed by atoms with Crippen molar-refractivity contribution in [2.75, 3.05) is 47.0 Å². The molecule has 4 rings (SSSR count). The number of hydrogen-bond donors (Lipinski definition) is 0. The molecular weight excluding hydrogens is 376 g/mol. The van der Waals surface area contributed by atoms with Crippen molar-refractivity contribution in [1.29, 1.82) is 0 Å². The second kappa shape index (κ2) is 10.8. The molecule has 2 aliphatic heterocycles. The molecule has 0 aromatic heterocycles. The summed E-state index contributed by atoms with van der Waals surface area (Å²) in [5.41, 5.74) is 1.21. The van der Waals surface area contributed by atoms with Gasteiger partial charge in [-0.15, -0.1) is 0 Å². The van der Waals surface area contributed by atoms with Crippen LogP contribution in [0.1, 0.15) is 56.9 Å². The van der Waals surface area contributed by atoms with E-state index in [4.69, 9.17) is 14.2 Å². The summed E-state index contributed by atoms with van der Waals surface area (Å²) in [5.74, 6) is 2.46. The highest BCUT2D eigenvalue weighted by molar-refractivity contribution is 5.46. The van der Waals surface area contributed by atoms with Crippen LogP contribution < -0.4 is 9.47 Å². The van der Waals surface area contributed by atoms with Gasteiger partial charge in [-0.1, -0.05) is 25.0 Å². The number of nitrogens with zero attached hydrogens (tertiary/aromatic N) is 2. The van der Waals surface area contributed by atoms with E-state index in [0.29, 0.717) is 6.10 Å². The van der Waals surface area contributed by atoms with Gasteiger partial charge in [0.15, 0.2) is 11.5 Å². The van der Waals surface area contributed by atoms with Gasteiger partial charge in [0, 0.05) is 37.8 Å². The molecule has 3 fully saturated rings. The van der Waals surface area contributed by atoms with Crippen LogP contribution in [0, 0.1) is 5.92 Å². The molecule has 1 aromatic carbocycles. The van der Waals surface area contributed by atoms with Crippen LogP contribution in [-0.4, -0.2) is 69.0 Å². The molecule has 2 heterocycles. The first-order valence-corrected chi connectivity index (χ1v) is 12.0. The lowest BCUT2D eigenvalue weighted by Crippen LogP contribution is -2.43. The summed E-state index contributed by atoms with van der Waals surface area (Å²) in [4.78, 5) is 5.39. The molecular formula is C25H40N2O3. The van der Waals surface area contributed by atoms with Crippen molar-refractivity contribution in [3.05, 3.63) is 23.8 Å². The van der Waals surface area contributed by atoms with Gasteiger partial charge in [0.2, 0.25) is 0 Å². The molecule has 1 aromatic rings. The number of para-hydroxylation sites is 1. The maximum atomic E-state index is 5.99. The molecule has 1 aliphatic carbocycles. The normalized spacial score (nSPS) is 24.0. The standard InChI is InChI=1S/C25H40N2O3/c1-28-24-11-5-7-21(25(24)29-2)18-26(19-23-10-6-16-30-23)17-20-12-14-27(15-13-20)22-8-3-4-9-22/h5,7,11,20,22-23H,3-4,6,8-10,12-19H2,1-2H3/t23-/m0/s1. The third-order valence-corrected chi connectivity index (χ3v) is 7.37. The van der Waals surface area contributed by atoms with Crippen LogP contribution in [0.5, 0.6) is 11.5 Å². The van der Waals surface area contributed by atoms with Crippen molar-refractivity contribution in [3.8, 4) is 11.5 Å². The van der Waals surface area contributed by atoms with Crippen molar-refractivity contribution in [2.24, 2.45) is 5.92 Å². The van der Waals surface area contributed by atoms with E-state index in [1.165, 1.54) is 70.0 Å². The third-order valence-electron chi connectivity index (χ3n) is 7.37. The van der Waals surface area contributed by atoms with Crippen LogP contribution in [0.15, 0.2) is 18.2 Å². The van der Waals surface area contributed by atoms with Crippen molar-refractivity contribution in [3.63, 3.8) is 0 Å². The molecule has 0 N–H and O–H groups in total. The predicted octanol–water partition coefficient (Wildman–Crippen LogP) is 4.34. The van der Waals surface area contributed by atoms with Crippen molar-refractivity contribution in [1.82, 2.24) is 9.80 Å². The second-order valence-electron chi connectivity index (χ2n) is 9.40. The number of rotatable bonds is 9. The zero-order valence-corrected chi connectivity index (χ0v) is 19.0. The maximum absolute atomic E-state index is 5.99. The average molecular weight is 417 g/mol. The minimum absolute atomic E-state index is 0.375. The van der Waals surface area contributed by atoms with Crippen LogP contribution in [0.25, 0.3) is 0 Å². The Morgan fingerprint density at radius 3 is 2.43 bits per heavy atom. The van der Waals surface area contributed by atoms with Gasteiger partial charge in [0.1, 0.15) is 0 Å². The summed E-state index contributed by atoms with van der Waals surface area (Å²) in [6, 6.07) is 7.09. The molecule has 0 radical (unpaired) electrons. The lowest BCUT2D eigenvalue weighted by molar-refractivity contribution is 0.0537. The summed E-state index contributed by atoms with van der Waals surface area (Å²) >= 11 is 0. The molecule has 5 nitrogen and oxygen atoms in total. The van der Waals surface area contributed by atoms with E-state index in [-0.39, 0.29) is 0 Å².